The van der Waals surface area contributed by atoms with Crippen molar-refractivity contribution in [3.05, 3.63) is 75.7 Å². The molecule has 1 aliphatic rings. The van der Waals surface area contributed by atoms with Crippen molar-refractivity contribution in [3.8, 4) is 0 Å². The number of amides is 2. The average molecular weight is 389 g/mol. The van der Waals surface area contributed by atoms with Gasteiger partial charge in [0.15, 0.2) is 4.32 Å². The molecule has 0 aliphatic carbocycles. The molecule has 0 aromatic heterocycles. The third kappa shape index (κ3) is 4.28. The lowest BCUT2D eigenvalue weighted by Crippen LogP contribution is -2.45. The van der Waals surface area contributed by atoms with Gasteiger partial charge in [0, 0.05) is 5.02 Å². The minimum Gasteiger partial charge on any atom is -0.273 e. The Bertz CT molecular complexity index is 868. The van der Waals surface area contributed by atoms with Gasteiger partial charge in [-0.05, 0) is 35.5 Å². The Balaban J connectivity index is 1.71. The third-order valence-corrected chi connectivity index (χ3v) is 5.08. The monoisotopic (exact) mass is 388 g/mol. The van der Waals surface area contributed by atoms with Crippen LogP contribution in [-0.2, 0) is 16.0 Å². The fraction of sp³-hybridized carbons (Fsp3) is 0.0556. The smallest absolute Gasteiger partial charge is 0.273 e. The summed E-state index contributed by atoms with van der Waals surface area (Å²) in [7, 11) is 0. The van der Waals surface area contributed by atoms with E-state index >= 15 is 0 Å². The number of carbonyl (C=O) groups is 2. The predicted molar refractivity (Wildman–Crippen MR) is 105 cm³/mol. The first kappa shape index (κ1) is 17.7. The number of hydrogen-bond donors (Lipinski definition) is 1. The molecule has 2 aromatic carbocycles. The molecule has 0 spiro atoms. The van der Waals surface area contributed by atoms with Crippen LogP contribution in [0.3, 0.4) is 0 Å². The van der Waals surface area contributed by atoms with Gasteiger partial charge in [0.1, 0.15) is 0 Å². The highest BCUT2D eigenvalue weighted by molar-refractivity contribution is 8.26. The van der Waals surface area contributed by atoms with Crippen LogP contribution in [0.2, 0.25) is 5.02 Å². The number of halogens is 1. The molecule has 0 saturated carbocycles. The highest BCUT2D eigenvalue weighted by Crippen LogP contribution is 2.32. The van der Waals surface area contributed by atoms with Crippen LogP contribution in [-0.4, -0.2) is 21.1 Å². The lowest BCUT2D eigenvalue weighted by molar-refractivity contribution is -0.132. The van der Waals surface area contributed by atoms with Gasteiger partial charge in [-0.1, -0.05) is 71.9 Å². The lowest BCUT2D eigenvalue weighted by atomic mass is 10.1. The van der Waals surface area contributed by atoms with Crippen LogP contribution in [0, 0.1) is 0 Å². The van der Waals surface area contributed by atoms with Crippen LogP contribution in [0.25, 0.3) is 6.08 Å². The van der Waals surface area contributed by atoms with E-state index in [1.807, 2.05) is 48.5 Å². The molecule has 2 amide bonds. The van der Waals surface area contributed by atoms with Crippen molar-refractivity contribution in [2.24, 2.45) is 0 Å². The summed E-state index contributed by atoms with van der Waals surface area (Å²) in [5.41, 5.74) is 4.15. The first-order chi connectivity index (χ1) is 12.0. The standard InChI is InChI=1S/C18H13ClN2O2S2/c19-14-9-5-4-8-13(14)11-15-17(23)21(18(24)25-15)20-16(22)10-12-6-2-1-3-7-12/h1-9,11H,10H2,(H,20,22)/b15-11-. The van der Waals surface area contributed by atoms with E-state index in [1.54, 1.807) is 12.1 Å². The second kappa shape index (κ2) is 7.82. The zero-order valence-electron chi connectivity index (χ0n) is 12.9. The van der Waals surface area contributed by atoms with Crippen molar-refractivity contribution in [1.82, 2.24) is 10.4 Å². The topological polar surface area (TPSA) is 49.4 Å². The molecule has 1 N–H and O–H groups in total. The number of thiocarbonyl (C=S) groups is 1. The Hall–Kier alpha value is -2.15. The van der Waals surface area contributed by atoms with E-state index in [9.17, 15) is 9.59 Å². The second-order valence-corrected chi connectivity index (χ2v) is 7.32. The number of rotatable bonds is 4. The van der Waals surface area contributed by atoms with Crippen LogP contribution in [0.1, 0.15) is 11.1 Å². The second-order valence-electron chi connectivity index (χ2n) is 5.24. The average Bonchev–Trinajstić information content (AvgIpc) is 2.85. The highest BCUT2D eigenvalue weighted by atomic mass is 35.5. The Kier molecular flexibility index (Phi) is 5.53. The number of hydrogen-bond acceptors (Lipinski definition) is 4. The maximum Gasteiger partial charge on any atom is 0.285 e. The molecule has 1 heterocycles. The van der Waals surface area contributed by atoms with Gasteiger partial charge in [-0.25, -0.2) is 0 Å². The minimum absolute atomic E-state index is 0.168. The van der Waals surface area contributed by atoms with Crippen molar-refractivity contribution >= 4 is 57.8 Å². The molecule has 7 heteroatoms. The molecule has 0 unspecified atom stereocenters. The summed E-state index contributed by atoms with van der Waals surface area (Å²) in [6.07, 6.45) is 1.84. The van der Waals surface area contributed by atoms with Crippen molar-refractivity contribution in [1.29, 1.82) is 0 Å². The summed E-state index contributed by atoms with van der Waals surface area (Å²) < 4.78 is 0.282. The summed E-state index contributed by atoms with van der Waals surface area (Å²) in [6, 6.07) is 16.5. The quantitative estimate of drug-likeness (QED) is 0.639. The summed E-state index contributed by atoms with van der Waals surface area (Å²) in [5.74, 6) is -0.669. The predicted octanol–water partition coefficient (Wildman–Crippen LogP) is 3.82. The third-order valence-electron chi connectivity index (χ3n) is 3.43. The molecule has 25 heavy (non-hydrogen) atoms. The Morgan fingerprint density at radius 1 is 1.16 bits per heavy atom. The van der Waals surface area contributed by atoms with Crippen molar-refractivity contribution in [2.45, 2.75) is 6.42 Å². The molecule has 1 saturated heterocycles. The van der Waals surface area contributed by atoms with Gasteiger partial charge in [-0.2, -0.15) is 5.01 Å². The van der Waals surface area contributed by atoms with E-state index in [4.69, 9.17) is 23.8 Å². The summed E-state index contributed by atoms with van der Waals surface area (Å²) >= 11 is 12.5. The maximum atomic E-state index is 12.5. The number of thioether (sulfide) groups is 1. The minimum atomic E-state index is -0.365. The van der Waals surface area contributed by atoms with Crippen LogP contribution < -0.4 is 5.43 Å². The number of nitrogens with one attached hydrogen (secondary N) is 1. The zero-order chi connectivity index (χ0) is 17.8. The normalized spacial score (nSPS) is 15.7. The van der Waals surface area contributed by atoms with Gasteiger partial charge in [-0.3, -0.25) is 15.0 Å². The van der Waals surface area contributed by atoms with Gasteiger partial charge in [0.2, 0.25) is 5.91 Å². The van der Waals surface area contributed by atoms with Gasteiger partial charge < -0.3 is 0 Å². The molecule has 1 fully saturated rings. The zero-order valence-corrected chi connectivity index (χ0v) is 15.3. The van der Waals surface area contributed by atoms with Crippen LogP contribution in [0.4, 0.5) is 0 Å². The molecule has 3 rings (SSSR count). The first-order valence-corrected chi connectivity index (χ1v) is 9.01. The Labute approximate surface area is 159 Å². The highest BCUT2D eigenvalue weighted by Gasteiger charge is 2.33. The van der Waals surface area contributed by atoms with Crippen molar-refractivity contribution in [3.63, 3.8) is 0 Å². The van der Waals surface area contributed by atoms with Gasteiger partial charge in [0.25, 0.3) is 5.91 Å². The number of hydrazine groups is 1. The lowest BCUT2D eigenvalue weighted by Gasteiger charge is -2.15. The summed E-state index contributed by atoms with van der Waals surface area (Å²) in [5, 5.41) is 1.65. The fourth-order valence-corrected chi connectivity index (χ4v) is 3.60. The van der Waals surface area contributed by atoms with Crippen molar-refractivity contribution < 1.29 is 9.59 Å². The van der Waals surface area contributed by atoms with E-state index in [1.165, 1.54) is 0 Å². The SMILES string of the molecule is O=C(Cc1ccccc1)NN1C(=O)/C(=C/c2ccccc2Cl)SC1=S. The number of benzene rings is 2. The molecule has 0 atom stereocenters. The molecule has 0 radical (unpaired) electrons. The Morgan fingerprint density at radius 2 is 1.84 bits per heavy atom. The largest absolute Gasteiger partial charge is 0.285 e. The molecule has 4 nitrogen and oxygen atoms in total. The maximum absolute atomic E-state index is 12.5. The van der Waals surface area contributed by atoms with E-state index in [0.29, 0.717) is 9.93 Å². The number of carbonyl (C=O) groups excluding carboxylic acids is 2. The molecule has 0 bridgehead atoms. The fourth-order valence-electron chi connectivity index (χ4n) is 2.24. The van der Waals surface area contributed by atoms with E-state index in [-0.39, 0.29) is 22.6 Å². The Morgan fingerprint density at radius 3 is 2.56 bits per heavy atom. The molecular formula is C18H13ClN2O2S2. The summed E-state index contributed by atoms with van der Waals surface area (Å²) in [6.45, 7) is 0. The van der Waals surface area contributed by atoms with Crippen LogP contribution in [0.15, 0.2) is 59.5 Å². The first-order valence-electron chi connectivity index (χ1n) is 7.40. The molecular weight excluding hydrogens is 376 g/mol. The van der Waals surface area contributed by atoms with Gasteiger partial charge >= 0.3 is 0 Å². The van der Waals surface area contributed by atoms with Gasteiger partial charge in [-0.15, -0.1) is 0 Å². The molecule has 2 aromatic rings. The van der Waals surface area contributed by atoms with E-state index in [0.717, 1.165) is 27.9 Å². The van der Waals surface area contributed by atoms with Crippen LogP contribution in [0.5, 0.6) is 0 Å². The van der Waals surface area contributed by atoms with Crippen LogP contribution >= 0.6 is 35.6 Å². The van der Waals surface area contributed by atoms with Gasteiger partial charge in [0.05, 0.1) is 11.3 Å². The van der Waals surface area contributed by atoms with E-state index in [2.05, 4.69) is 5.43 Å². The molecule has 126 valence electrons. The van der Waals surface area contributed by atoms with E-state index < -0.39 is 0 Å². The summed E-state index contributed by atoms with van der Waals surface area (Å²) in [4.78, 5) is 25.1. The number of nitrogens with zero attached hydrogens (tertiary/aromatic N) is 1. The molecule has 1 aliphatic heterocycles. The van der Waals surface area contributed by atoms with Crippen molar-refractivity contribution in [2.75, 3.05) is 0 Å².